The summed E-state index contributed by atoms with van der Waals surface area (Å²) in [7, 11) is 3.60. The summed E-state index contributed by atoms with van der Waals surface area (Å²) >= 11 is 0. The van der Waals surface area contributed by atoms with E-state index in [0.717, 1.165) is 31.7 Å². The number of nitrogens with zero attached hydrogens (tertiary/aromatic N) is 1. The molecule has 5 heteroatoms. The fourth-order valence-corrected chi connectivity index (χ4v) is 2.55. The number of benzene rings is 1. The molecule has 0 aliphatic carbocycles. The number of nitrogen functional groups attached to an aromatic ring is 1. The quantitative estimate of drug-likeness (QED) is 0.821. The second-order valence-electron chi connectivity index (χ2n) is 5.22. The molecule has 0 spiro atoms. The van der Waals surface area contributed by atoms with Gasteiger partial charge in [0.25, 0.3) is 5.91 Å². The van der Waals surface area contributed by atoms with Crippen LogP contribution in [0.5, 0.6) is 0 Å². The number of nitrogens with one attached hydrogen (secondary N) is 1. The number of carbonyl (C=O) groups is 1. The van der Waals surface area contributed by atoms with Crippen LogP contribution in [0.1, 0.15) is 29.6 Å². The molecular weight excluding hydrogens is 254 g/mol. The van der Waals surface area contributed by atoms with E-state index in [4.69, 9.17) is 10.5 Å². The first-order valence-corrected chi connectivity index (χ1v) is 7.06. The van der Waals surface area contributed by atoms with Crippen LogP contribution in [-0.2, 0) is 4.74 Å². The molecule has 1 aromatic rings. The Kier molecular flexibility index (Phi) is 4.84. The van der Waals surface area contributed by atoms with Crippen LogP contribution in [0.2, 0.25) is 0 Å². The monoisotopic (exact) mass is 277 g/mol. The number of anilines is 2. The predicted octanol–water partition coefficient (Wildman–Crippen LogP) is 1.63. The Hall–Kier alpha value is -1.75. The zero-order chi connectivity index (χ0) is 14.5. The molecule has 5 nitrogen and oxygen atoms in total. The number of ether oxygens (including phenoxy) is 1. The molecule has 1 fully saturated rings. The fraction of sp³-hybridized carbons (Fsp3) is 0.533. The summed E-state index contributed by atoms with van der Waals surface area (Å²) in [5.41, 5.74) is 7.99. The molecule has 0 saturated carbocycles. The maximum absolute atomic E-state index is 11.9. The van der Waals surface area contributed by atoms with Gasteiger partial charge < -0.3 is 20.7 Å². The molecule has 3 N–H and O–H groups in total. The summed E-state index contributed by atoms with van der Waals surface area (Å²) < 4.78 is 5.75. The van der Waals surface area contributed by atoms with Gasteiger partial charge in [-0.2, -0.15) is 0 Å². The van der Waals surface area contributed by atoms with Gasteiger partial charge in [0.15, 0.2) is 0 Å². The van der Waals surface area contributed by atoms with Gasteiger partial charge in [-0.05, 0) is 37.5 Å². The zero-order valence-corrected chi connectivity index (χ0v) is 12.2. The van der Waals surface area contributed by atoms with Gasteiger partial charge in [-0.15, -0.1) is 0 Å². The zero-order valence-electron chi connectivity index (χ0n) is 12.2. The Morgan fingerprint density at radius 3 is 2.95 bits per heavy atom. The van der Waals surface area contributed by atoms with E-state index in [0.29, 0.717) is 11.3 Å². The number of nitrogens with two attached hydrogens (primary N) is 1. The second kappa shape index (κ2) is 6.61. The lowest BCUT2D eigenvalue weighted by Crippen LogP contribution is -2.34. The lowest BCUT2D eigenvalue weighted by molar-refractivity contribution is 0.0216. The van der Waals surface area contributed by atoms with E-state index in [-0.39, 0.29) is 12.0 Å². The molecule has 0 aromatic heterocycles. The molecule has 110 valence electrons. The Morgan fingerprint density at radius 1 is 1.50 bits per heavy atom. The molecule has 1 saturated heterocycles. The highest BCUT2D eigenvalue weighted by atomic mass is 16.5. The minimum Gasteiger partial charge on any atom is -0.399 e. The van der Waals surface area contributed by atoms with Gasteiger partial charge in [-0.25, -0.2) is 0 Å². The summed E-state index contributed by atoms with van der Waals surface area (Å²) in [6.45, 7) is 1.60. The van der Waals surface area contributed by atoms with Crippen molar-refractivity contribution in [2.24, 2.45) is 0 Å². The summed E-state index contributed by atoms with van der Waals surface area (Å²) in [5.74, 6) is -0.101. The Morgan fingerprint density at radius 2 is 2.30 bits per heavy atom. The van der Waals surface area contributed by atoms with Gasteiger partial charge in [-0.1, -0.05) is 0 Å². The number of likely N-dealkylation sites (N-methyl/N-ethyl adjacent to an activating group) is 1. The lowest BCUT2D eigenvalue weighted by Gasteiger charge is -2.29. The van der Waals surface area contributed by atoms with E-state index < -0.39 is 0 Å². The number of hydrogen-bond donors (Lipinski definition) is 2. The molecule has 1 heterocycles. The third-order valence-corrected chi connectivity index (χ3v) is 3.66. The first-order valence-electron chi connectivity index (χ1n) is 7.06. The van der Waals surface area contributed by atoms with E-state index in [9.17, 15) is 4.79 Å². The summed E-state index contributed by atoms with van der Waals surface area (Å²) in [4.78, 5) is 14.0. The lowest BCUT2D eigenvalue weighted by atomic mass is 10.1. The highest BCUT2D eigenvalue weighted by Gasteiger charge is 2.19. The highest BCUT2D eigenvalue weighted by Crippen LogP contribution is 2.24. The van der Waals surface area contributed by atoms with E-state index in [1.54, 1.807) is 19.2 Å². The van der Waals surface area contributed by atoms with Crippen molar-refractivity contribution in [1.29, 1.82) is 0 Å². The molecule has 0 bridgehead atoms. The standard InChI is InChI=1S/C15H23N3O2/c1-17-15(19)13-7-6-11(16)9-14(13)18(2)10-12-5-3-4-8-20-12/h6-7,9,12H,3-5,8,10,16H2,1-2H3,(H,17,19). The van der Waals surface area contributed by atoms with Crippen LogP contribution in [0.4, 0.5) is 11.4 Å². The topological polar surface area (TPSA) is 67.6 Å². The summed E-state index contributed by atoms with van der Waals surface area (Å²) in [5, 5.41) is 2.66. The van der Waals surface area contributed by atoms with Crippen molar-refractivity contribution in [3.05, 3.63) is 23.8 Å². The molecule has 20 heavy (non-hydrogen) atoms. The molecule has 1 atom stereocenters. The third-order valence-electron chi connectivity index (χ3n) is 3.66. The highest BCUT2D eigenvalue weighted by molar-refractivity contribution is 6.00. The predicted molar refractivity (Wildman–Crippen MR) is 81.1 cm³/mol. The average molecular weight is 277 g/mol. The van der Waals surface area contributed by atoms with E-state index in [2.05, 4.69) is 10.2 Å². The number of rotatable bonds is 4. The Balaban J connectivity index is 2.16. The van der Waals surface area contributed by atoms with Crippen molar-refractivity contribution >= 4 is 17.3 Å². The minimum absolute atomic E-state index is 0.101. The number of amides is 1. The first kappa shape index (κ1) is 14.7. The third kappa shape index (κ3) is 3.42. The normalized spacial score (nSPS) is 18.6. The maximum atomic E-state index is 11.9. The largest absolute Gasteiger partial charge is 0.399 e. The molecule has 0 radical (unpaired) electrons. The van der Waals surface area contributed by atoms with Crippen LogP contribution in [0.15, 0.2) is 18.2 Å². The van der Waals surface area contributed by atoms with Gasteiger partial charge in [0, 0.05) is 32.9 Å². The van der Waals surface area contributed by atoms with Crippen LogP contribution in [-0.4, -0.2) is 39.3 Å². The second-order valence-corrected chi connectivity index (χ2v) is 5.22. The smallest absolute Gasteiger partial charge is 0.253 e. The molecule has 1 aliphatic rings. The van der Waals surface area contributed by atoms with Crippen LogP contribution < -0.4 is 16.0 Å². The minimum atomic E-state index is -0.101. The van der Waals surface area contributed by atoms with Gasteiger partial charge in [0.05, 0.1) is 17.4 Å². The van der Waals surface area contributed by atoms with E-state index in [1.165, 1.54) is 6.42 Å². The van der Waals surface area contributed by atoms with Crippen molar-refractivity contribution in [2.45, 2.75) is 25.4 Å². The van der Waals surface area contributed by atoms with Crippen LogP contribution >= 0.6 is 0 Å². The summed E-state index contributed by atoms with van der Waals surface area (Å²) in [6, 6.07) is 5.36. The molecule has 1 aliphatic heterocycles. The van der Waals surface area contributed by atoms with Crippen LogP contribution in [0, 0.1) is 0 Å². The van der Waals surface area contributed by atoms with Crippen molar-refractivity contribution in [3.8, 4) is 0 Å². The van der Waals surface area contributed by atoms with Gasteiger partial charge in [0.1, 0.15) is 0 Å². The SMILES string of the molecule is CNC(=O)c1ccc(N)cc1N(C)CC1CCCCO1. The van der Waals surface area contributed by atoms with E-state index in [1.807, 2.05) is 13.1 Å². The van der Waals surface area contributed by atoms with Gasteiger partial charge in [0.2, 0.25) is 0 Å². The Labute approximate surface area is 120 Å². The van der Waals surface area contributed by atoms with E-state index >= 15 is 0 Å². The van der Waals surface area contributed by atoms with Crippen molar-refractivity contribution in [2.75, 3.05) is 37.9 Å². The van der Waals surface area contributed by atoms with Crippen molar-refractivity contribution in [1.82, 2.24) is 5.32 Å². The first-order chi connectivity index (χ1) is 9.61. The molecular formula is C15H23N3O2. The fourth-order valence-electron chi connectivity index (χ4n) is 2.55. The maximum Gasteiger partial charge on any atom is 0.253 e. The number of carbonyl (C=O) groups excluding carboxylic acids is 1. The Bertz CT molecular complexity index is 470. The molecule has 2 rings (SSSR count). The van der Waals surface area contributed by atoms with Crippen molar-refractivity contribution in [3.63, 3.8) is 0 Å². The number of hydrogen-bond acceptors (Lipinski definition) is 4. The molecule has 1 unspecified atom stereocenters. The van der Waals surface area contributed by atoms with Crippen LogP contribution in [0.25, 0.3) is 0 Å². The molecule has 1 aromatic carbocycles. The molecule has 1 amide bonds. The van der Waals surface area contributed by atoms with Gasteiger partial charge in [-0.3, -0.25) is 4.79 Å². The summed E-state index contributed by atoms with van der Waals surface area (Å²) in [6.07, 6.45) is 3.65. The average Bonchev–Trinajstić information content (AvgIpc) is 2.47. The van der Waals surface area contributed by atoms with Crippen molar-refractivity contribution < 1.29 is 9.53 Å². The van der Waals surface area contributed by atoms with Crippen LogP contribution in [0.3, 0.4) is 0 Å². The van der Waals surface area contributed by atoms with Gasteiger partial charge >= 0.3 is 0 Å².